The second-order valence-electron chi connectivity index (χ2n) is 6.67. The van der Waals surface area contributed by atoms with E-state index in [4.69, 9.17) is 5.11 Å². The molecule has 132 valence electrons. The van der Waals surface area contributed by atoms with E-state index in [1.807, 2.05) is 0 Å². The average Bonchev–Trinajstić information content (AvgIpc) is 2.52. The van der Waals surface area contributed by atoms with Crippen molar-refractivity contribution in [2.75, 3.05) is 13.2 Å². The van der Waals surface area contributed by atoms with Crippen molar-refractivity contribution in [1.82, 2.24) is 5.32 Å². The Hall–Kier alpha value is -0.200. The molecule has 0 spiro atoms. The molecular weight excluding hydrogens is 282 g/mol. The van der Waals surface area contributed by atoms with Gasteiger partial charge in [0, 0.05) is 12.6 Å². The minimum absolute atomic E-state index is 0.253. The van der Waals surface area contributed by atoms with Gasteiger partial charge >= 0.3 is 0 Å². The number of aliphatic hydroxyl groups excluding tert-OH is 4. The number of hydrogen-bond donors (Lipinski definition) is 5. The molecule has 0 unspecified atom stereocenters. The Morgan fingerprint density at radius 1 is 0.727 bits per heavy atom. The molecule has 0 heterocycles. The quantitative estimate of drug-likeness (QED) is 0.509. The fourth-order valence-electron chi connectivity index (χ4n) is 3.14. The summed E-state index contributed by atoms with van der Waals surface area (Å²) in [6, 6.07) is 0.368. The molecule has 0 aromatic carbocycles. The largest absolute Gasteiger partial charge is 0.394 e. The first-order valence-corrected chi connectivity index (χ1v) is 9.03. The molecule has 5 nitrogen and oxygen atoms in total. The van der Waals surface area contributed by atoms with Crippen LogP contribution in [-0.2, 0) is 0 Å². The van der Waals surface area contributed by atoms with Crippen LogP contribution in [0.2, 0.25) is 0 Å². The van der Waals surface area contributed by atoms with Gasteiger partial charge in [-0.2, -0.15) is 0 Å². The third-order valence-corrected chi connectivity index (χ3v) is 4.70. The predicted octanol–water partition coefficient (Wildman–Crippen LogP) is 1.32. The smallest absolute Gasteiger partial charge is 0.109 e. The Kier molecular flexibility index (Phi) is 11.1. The standard InChI is InChI=1S/C17H35NO4/c19-13-16(21)17(22)15(20)12-18-14-10-8-6-4-2-1-3-5-7-9-11-14/h14-22H,1-13H2/t15-,16-,17-/m1/s1. The minimum atomic E-state index is -1.30. The lowest BCUT2D eigenvalue weighted by Crippen LogP contribution is -2.46. The molecular formula is C17H35NO4. The Labute approximate surface area is 134 Å². The van der Waals surface area contributed by atoms with Crippen LogP contribution >= 0.6 is 0 Å². The third-order valence-electron chi connectivity index (χ3n) is 4.70. The lowest BCUT2D eigenvalue weighted by Gasteiger charge is -2.25. The molecule has 1 fully saturated rings. The van der Waals surface area contributed by atoms with Gasteiger partial charge in [-0.15, -0.1) is 0 Å². The summed E-state index contributed by atoms with van der Waals surface area (Å²) >= 11 is 0. The first-order chi connectivity index (χ1) is 10.6. The molecule has 22 heavy (non-hydrogen) atoms. The summed E-state index contributed by atoms with van der Waals surface area (Å²) < 4.78 is 0. The van der Waals surface area contributed by atoms with Crippen molar-refractivity contribution in [3.63, 3.8) is 0 Å². The number of hydrogen-bond acceptors (Lipinski definition) is 5. The first-order valence-electron chi connectivity index (χ1n) is 9.03. The normalized spacial score (nSPS) is 24.0. The van der Waals surface area contributed by atoms with Crippen molar-refractivity contribution < 1.29 is 20.4 Å². The van der Waals surface area contributed by atoms with E-state index >= 15 is 0 Å². The number of aliphatic hydroxyl groups is 4. The highest BCUT2D eigenvalue weighted by molar-refractivity contribution is 4.78. The van der Waals surface area contributed by atoms with Gasteiger partial charge in [0.15, 0.2) is 0 Å². The van der Waals surface area contributed by atoms with Crippen LogP contribution in [0.4, 0.5) is 0 Å². The maximum Gasteiger partial charge on any atom is 0.109 e. The maximum atomic E-state index is 9.87. The van der Waals surface area contributed by atoms with Crippen molar-refractivity contribution in [3.05, 3.63) is 0 Å². The summed E-state index contributed by atoms with van der Waals surface area (Å²) in [4.78, 5) is 0. The second-order valence-corrected chi connectivity index (χ2v) is 6.67. The Morgan fingerprint density at radius 2 is 1.18 bits per heavy atom. The number of nitrogens with one attached hydrogen (secondary N) is 1. The van der Waals surface area contributed by atoms with Gasteiger partial charge in [-0.05, 0) is 12.8 Å². The van der Waals surface area contributed by atoms with Gasteiger partial charge in [-0.25, -0.2) is 0 Å². The summed E-state index contributed by atoms with van der Waals surface area (Å²) in [5.74, 6) is 0. The van der Waals surface area contributed by atoms with Crippen LogP contribution < -0.4 is 5.32 Å². The van der Waals surface area contributed by atoms with E-state index in [9.17, 15) is 15.3 Å². The molecule has 0 bridgehead atoms. The Bertz CT molecular complexity index is 253. The van der Waals surface area contributed by atoms with Crippen molar-refractivity contribution in [3.8, 4) is 0 Å². The lowest BCUT2D eigenvalue weighted by atomic mass is 9.97. The molecule has 5 heteroatoms. The van der Waals surface area contributed by atoms with Gasteiger partial charge in [0.2, 0.25) is 0 Å². The molecule has 1 aliphatic carbocycles. The van der Waals surface area contributed by atoms with Gasteiger partial charge in [0.25, 0.3) is 0 Å². The summed E-state index contributed by atoms with van der Waals surface area (Å²) in [6.45, 7) is -0.287. The topological polar surface area (TPSA) is 93.0 Å². The van der Waals surface area contributed by atoms with Gasteiger partial charge in [0.1, 0.15) is 12.2 Å². The van der Waals surface area contributed by atoms with Crippen molar-refractivity contribution in [2.45, 2.75) is 95.0 Å². The van der Waals surface area contributed by atoms with E-state index in [1.165, 1.54) is 57.8 Å². The molecule has 1 saturated carbocycles. The van der Waals surface area contributed by atoms with E-state index in [0.717, 1.165) is 12.8 Å². The van der Waals surface area contributed by atoms with E-state index in [2.05, 4.69) is 5.32 Å². The fourth-order valence-corrected chi connectivity index (χ4v) is 3.14. The highest BCUT2D eigenvalue weighted by Crippen LogP contribution is 2.17. The van der Waals surface area contributed by atoms with Crippen LogP contribution in [0.15, 0.2) is 0 Å². The zero-order valence-corrected chi connectivity index (χ0v) is 13.8. The van der Waals surface area contributed by atoms with Crippen LogP contribution in [0.25, 0.3) is 0 Å². The Morgan fingerprint density at radius 3 is 1.64 bits per heavy atom. The van der Waals surface area contributed by atoms with Crippen LogP contribution in [-0.4, -0.2) is 57.9 Å². The second kappa shape index (κ2) is 12.3. The summed E-state index contributed by atoms with van der Waals surface area (Å²) in [7, 11) is 0. The van der Waals surface area contributed by atoms with Gasteiger partial charge in [0.05, 0.1) is 12.7 Å². The molecule has 0 aromatic rings. The summed E-state index contributed by atoms with van der Waals surface area (Å²) in [5, 5.41) is 41.0. The summed E-state index contributed by atoms with van der Waals surface area (Å²) in [6.07, 6.45) is 10.2. The fraction of sp³-hybridized carbons (Fsp3) is 1.00. The zero-order chi connectivity index (χ0) is 16.2. The predicted molar refractivity (Wildman–Crippen MR) is 87.7 cm³/mol. The SMILES string of the molecule is OC[C@@H](O)[C@H](O)[C@H](O)CNC1CCCCCCCCCCC1. The molecule has 5 N–H and O–H groups in total. The van der Waals surface area contributed by atoms with Gasteiger partial charge in [-0.3, -0.25) is 0 Å². The zero-order valence-electron chi connectivity index (χ0n) is 13.8. The Balaban J connectivity index is 2.32. The maximum absolute atomic E-state index is 9.87. The highest BCUT2D eigenvalue weighted by Gasteiger charge is 2.24. The van der Waals surface area contributed by atoms with Crippen LogP contribution in [0.5, 0.6) is 0 Å². The lowest BCUT2D eigenvalue weighted by molar-refractivity contribution is -0.0756. The molecule has 0 saturated heterocycles. The van der Waals surface area contributed by atoms with E-state index in [0.29, 0.717) is 6.04 Å². The van der Waals surface area contributed by atoms with Crippen molar-refractivity contribution >= 4 is 0 Å². The highest BCUT2D eigenvalue weighted by atomic mass is 16.4. The molecule has 0 amide bonds. The average molecular weight is 317 g/mol. The molecule has 0 aliphatic heterocycles. The van der Waals surface area contributed by atoms with Crippen LogP contribution in [0.1, 0.15) is 70.6 Å². The summed E-state index contributed by atoms with van der Waals surface area (Å²) in [5.41, 5.74) is 0. The van der Waals surface area contributed by atoms with Crippen molar-refractivity contribution in [1.29, 1.82) is 0 Å². The van der Waals surface area contributed by atoms with Gasteiger partial charge < -0.3 is 25.7 Å². The first kappa shape index (κ1) is 19.8. The van der Waals surface area contributed by atoms with Crippen LogP contribution in [0.3, 0.4) is 0 Å². The van der Waals surface area contributed by atoms with E-state index in [-0.39, 0.29) is 6.54 Å². The molecule has 0 aromatic heterocycles. The van der Waals surface area contributed by atoms with Crippen molar-refractivity contribution in [2.24, 2.45) is 0 Å². The van der Waals surface area contributed by atoms with Gasteiger partial charge in [-0.1, -0.05) is 57.8 Å². The molecule has 0 radical (unpaired) electrons. The minimum Gasteiger partial charge on any atom is -0.394 e. The van der Waals surface area contributed by atoms with E-state index in [1.54, 1.807) is 0 Å². The third kappa shape index (κ3) is 8.44. The monoisotopic (exact) mass is 317 g/mol. The molecule has 1 rings (SSSR count). The van der Waals surface area contributed by atoms with E-state index < -0.39 is 24.9 Å². The molecule has 3 atom stereocenters. The molecule has 1 aliphatic rings. The number of rotatable bonds is 6. The van der Waals surface area contributed by atoms with Crippen LogP contribution in [0, 0.1) is 0 Å².